The van der Waals surface area contributed by atoms with E-state index in [0.29, 0.717) is 15.6 Å². The van der Waals surface area contributed by atoms with E-state index in [1.54, 1.807) is 18.2 Å². The molecule has 0 radical (unpaired) electrons. The van der Waals surface area contributed by atoms with Crippen LogP contribution in [0.25, 0.3) is 0 Å². The molecule has 17 heavy (non-hydrogen) atoms. The number of ketones is 1. The van der Waals surface area contributed by atoms with Gasteiger partial charge in [0.2, 0.25) is 0 Å². The van der Waals surface area contributed by atoms with Crippen molar-refractivity contribution < 1.29 is 18.0 Å². The minimum Gasteiger partial charge on any atom is -0.360 e. The number of hydrogen-bond donors (Lipinski definition) is 1. The SMILES string of the molecule is O=C(C1=CNc2cc(Cl)ccc2S1)C(F)(F)F. The summed E-state index contributed by atoms with van der Waals surface area (Å²) in [6.45, 7) is 0. The lowest BCUT2D eigenvalue weighted by atomic mass is 10.3. The van der Waals surface area contributed by atoms with Gasteiger partial charge < -0.3 is 5.32 Å². The molecule has 0 atom stereocenters. The van der Waals surface area contributed by atoms with Gasteiger partial charge in [0.15, 0.2) is 0 Å². The number of Topliss-reactive ketones (excluding diaryl/α,β-unsaturated/α-hetero) is 1. The summed E-state index contributed by atoms with van der Waals surface area (Å²) >= 11 is 6.50. The number of alkyl halides is 3. The number of allylic oxidation sites excluding steroid dienone is 1. The molecule has 1 aliphatic rings. The van der Waals surface area contributed by atoms with Gasteiger partial charge in [-0.25, -0.2) is 0 Å². The highest BCUT2D eigenvalue weighted by Gasteiger charge is 2.41. The zero-order valence-corrected chi connectivity index (χ0v) is 9.71. The molecule has 0 saturated carbocycles. The van der Waals surface area contributed by atoms with Crippen molar-refractivity contribution in [1.29, 1.82) is 0 Å². The molecule has 7 heteroatoms. The van der Waals surface area contributed by atoms with E-state index in [-0.39, 0.29) is 4.91 Å². The Balaban J connectivity index is 2.26. The van der Waals surface area contributed by atoms with Crippen molar-refractivity contribution in [2.24, 2.45) is 0 Å². The van der Waals surface area contributed by atoms with Gasteiger partial charge in [0.25, 0.3) is 5.78 Å². The maximum absolute atomic E-state index is 12.2. The Hall–Kier alpha value is -1.14. The molecular weight excluding hydrogens is 275 g/mol. The molecule has 1 aromatic rings. The van der Waals surface area contributed by atoms with Crippen molar-refractivity contribution in [1.82, 2.24) is 0 Å². The monoisotopic (exact) mass is 279 g/mol. The number of nitrogens with one attached hydrogen (secondary N) is 1. The molecule has 1 aromatic carbocycles. The Kier molecular flexibility index (Phi) is 3.09. The largest absolute Gasteiger partial charge is 0.455 e. The average Bonchev–Trinajstić information content (AvgIpc) is 2.26. The number of anilines is 1. The second kappa shape index (κ2) is 4.27. The normalized spacial score (nSPS) is 14.7. The highest BCUT2D eigenvalue weighted by Crippen LogP contribution is 2.40. The molecule has 0 aromatic heterocycles. The van der Waals surface area contributed by atoms with Gasteiger partial charge in [-0.2, -0.15) is 13.2 Å². The number of carbonyl (C=O) groups excluding carboxylic acids is 1. The molecular formula is C10H5ClF3NOS. The summed E-state index contributed by atoms with van der Waals surface area (Å²) in [6, 6.07) is 4.69. The van der Waals surface area contributed by atoms with E-state index in [1.165, 1.54) is 0 Å². The third kappa shape index (κ3) is 2.58. The zero-order valence-electron chi connectivity index (χ0n) is 8.14. The number of carbonyl (C=O) groups is 1. The van der Waals surface area contributed by atoms with Crippen LogP contribution in [-0.4, -0.2) is 12.0 Å². The van der Waals surface area contributed by atoms with Crippen LogP contribution in [0.5, 0.6) is 0 Å². The summed E-state index contributed by atoms with van der Waals surface area (Å²) in [5.41, 5.74) is 0.584. The van der Waals surface area contributed by atoms with Crippen LogP contribution in [0.4, 0.5) is 18.9 Å². The first-order chi connectivity index (χ1) is 7.88. The third-order valence-electron chi connectivity index (χ3n) is 2.00. The highest BCUT2D eigenvalue weighted by atomic mass is 35.5. The molecule has 1 aliphatic heterocycles. The summed E-state index contributed by atoms with van der Waals surface area (Å²) in [7, 11) is 0. The molecule has 1 N–H and O–H groups in total. The summed E-state index contributed by atoms with van der Waals surface area (Å²) in [4.78, 5) is 11.2. The summed E-state index contributed by atoms with van der Waals surface area (Å²) in [6.07, 6.45) is -3.82. The van der Waals surface area contributed by atoms with Crippen molar-refractivity contribution in [3.05, 3.63) is 34.3 Å². The van der Waals surface area contributed by atoms with Crippen LogP contribution in [-0.2, 0) is 4.79 Å². The average molecular weight is 280 g/mol. The van der Waals surface area contributed by atoms with Crippen LogP contribution in [0, 0.1) is 0 Å². The maximum atomic E-state index is 12.2. The van der Waals surface area contributed by atoms with Crippen LogP contribution in [0.2, 0.25) is 5.02 Å². The number of thioether (sulfide) groups is 1. The van der Waals surface area contributed by atoms with Crippen molar-refractivity contribution in [3.8, 4) is 0 Å². The van der Waals surface area contributed by atoms with E-state index in [9.17, 15) is 18.0 Å². The minimum absolute atomic E-state index is 0.382. The number of fused-ring (bicyclic) bond motifs is 1. The van der Waals surface area contributed by atoms with Gasteiger partial charge in [-0.15, -0.1) is 0 Å². The first-order valence-corrected chi connectivity index (χ1v) is 5.63. The minimum atomic E-state index is -4.86. The number of rotatable bonds is 1. The predicted molar refractivity (Wildman–Crippen MR) is 60.1 cm³/mol. The van der Waals surface area contributed by atoms with Gasteiger partial charge in [0, 0.05) is 16.1 Å². The Bertz CT molecular complexity index is 513. The molecule has 2 rings (SSSR count). The molecule has 0 aliphatic carbocycles. The first-order valence-electron chi connectivity index (χ1n) is 4.43. The van der Waals surface area contributed by atoms with Crippen molar-refractivity contribution in [2.75, 3.05) is 5.32 Å². The van der Waals surface area contributed by atoms with E-state index in [4.69, 9.17) is 11.6 Å². The van der Waals surface area contributed by atoms with Crippen LogP contribution in [0.3, 0.4) is 0 Å². The van der Waals surface area contributed by atoms with E-state index in [1.807, 2.05) is 0 Å². The van der Waals surface area contributed by atoms with Gasteiger partial charge in [-0.3, -0.25) is 4.79 Å². The lowest BCUT2D eigenvalue weighted by molar-refractivity contribution is -0.165. The van der Waals surface area contributed by atoms with E-state index in [2.05, 4.69) is 5.32 Å². The molecule has 0 amide bonds. The van der Waals surface area contributed by atoms with Crippen molar-refractivity contribution >= 4 is 34.8 Å². The van der Waals surface area contributed by atoms with Crippen LogP contribution >= 0.6 is 23.4 Å². The highest BCUT2D eigenvalue weighted by molar-refractivity contribution is 8.04. The lowest BCUT2D eigenvalue weighted by Gasteiger charge is -2.17. The van der Waals surface area contributed by atoms with Crippen LogP contribution < -0.4 is 5.32 Å². The fourth-order valence-corrected chi connectivity index (χ4v) is 2.35. The third-order valence-corrected chi connectivity index (χ3v) is 3.34. The zero-order chi connectivity index (χ0) is 12.6. The molecule has 0 fully saturated rings. The van der Waals surface area contributed by atoms with Crippen LogP contribution in [0.15, 0.2) is 34.2 Å². The summed E-state index contributed by atoms with van der Waals surface area (Å²) in [5.74, 6) is -1.85. The molecule has 1 heterocycles. The van der Waals surface area contributed by atoms with Gasteiger partial charge in [-0.1, -0.05) is 23.4 Å². The van der Waals surface area contributed by atoms with Crippen molar-refractivity contribution in [2.45, 2.75) is 11.1 Å². The second-order valence-electron chi connectivity index (χ2n) is 3.22. The van der Waals surface area contributed by atoms with E-state index >= 15 is 0 Å². The Morgan fingerprint density at radius 2 is 2.06 bits per heavy atom. The first kappa shape index (κ1) is 12.3. The van der Waals surface area contributed by atoms with Gasteiger partial charge >= 0.3 is 6.18 Å². The quantitative estimate of drug-likeness (QED) is 0.847. The standard InChI is InChI=1S/C10H5ClF3NOS/c11-5-1-2-7-6(3-5)15-4-8(17-7)9(16)10(12,13)14/h1-4,15H. The van der Waals surface area contributed by atoms with E-state index in [0.717, 1.165) is 18.0 Å². The Morgan fingerprint density at radius 1 is 1.35 bits per heavy atom. The van der Waals surface area contributed by atoms with E-state index < -0.39 is 12.0 Å². The van der Waals surface area contributed by atoms with Crippen LogP contribution in [0.1, 0.15) is 0 Å². The molecule has 0 saturated heterocycles. The Labute approximate surface area is 104 Å². The molecule has 0 bridgehead atoms. The fraction of sp³-hybridized carbons (Fsp3) is 0.100. The van der Waals surface area contributed by atoms with Gasteiger partial charge in [0.1, 0.15) is 0 Å². The molecule has 2 nitrogen and oxygen atoms in total. The predicted octanol–water partition coefficient (Wildman–Crippen LogP) is 3.83. The maximum Gasteiger partial charge on any atom is 0.455 e. The molecule has 0 unspecified atom stereocenters. The van der Waals surface area contributed by atoms with Gasteiger partial charge in [0.05, 0.1) is 10.6 Å². The molecule has 90 valence electrons. The fourth-order valence-electron chi connectivity index (χ4n) is 1.25. The number of benzene rings is 1. The second-order valence-corrected chi connectivity index (χ2v) is 4.74. The topological polar surface area (TPSA) is 29.1 Å². The lowest BCUT2D eigenvalue weighted by Crippen LogP contribution is -2.24. The smallest absolute Gasteiger partial charge is 0.360 e. The van der Waals surface area contributed by atoms with Gasteiger partial charge in [-0.05, 0) is 18.2 Å². The Morgan fingerprint density at radius 3 is 2.71 bits per heavy atom. The number of halogens is 4. The summed E-state index contributed by atoms with van der Waals surface area (Å²) in [5, 5.41) is 3.09. The van der Waals surface area contributed by atoms with Crippen molar-refractivity contribution in [3.63, 3.8) is 0 Å². The number of hydrogen-bond acceptors (Lipinski definition) is 3. The summed E-state index contributed by atoms with van der Waals surface area (Å²) < 4.78 is 36.7. The molecule has 0 spiro atoms.